The van der Waals surface area contributed by atoms with Crippen LogP contribution < -0.4 is 0 Å². The number of hydrogen-bond acceptors (Lipinski definition) is 3. The fraction of sp³-hybridized carbons (Fsp3) is 0.846. The van der Waals surface area contributed by atoms with Crippen molar-refractivity contribution in [3.05, 3.63) is 0 Å². The zero-order valence-electron chi connectivity index (χ0n) is 12.3. The van der Waals surface area contributed by atoms with E-state index in [1.54, 1.807) is 4.90 Å². The van der Waals surface area contributed by atoms with E-state index in [-0.39, 0.29) is 24.4 Å². The first-order valence-corrected chi connectivity index (χ1v) is 6.77. The second-order valence-electron chi connectivity index (χ2n) is 5.55. The number of hydrogen-bond donors (Lipinski definition) is 1. The largest absolute Gasteiger partial charge is 0.481 e. The molecule has 2 amide bonds. The minimum Gasteiger partial charge on any atom is -0.481 e. The van der Waals surface area contributed by atoms with Gasteiger partial charge in [-0.1, -0.05) is 0 Å². The van der Waals surface area contributed by atoms with Gasteiger partial charge in [-0.3, -0.25) is 4.79 Å². The van der Waals surface area contributed by atoms with Gasteiger partial charge in [-0.2, -0.15) is 0 Å². The van der Waals surface area contributed by atoms with Crippen LogP contribution in [0.15, 0.2) is 0 Å². The molecule has 1 saturated heterocycles. The Morgan fingerprint density at radius 1 is 1.37 bits per heavy atom. The summed E-state index contributed by atoms with van der Waals surface area (Å²) < 4.78 is 0. The van der Waals surface area contributed by atoms with Gasteiger partial charge in [-0.15, -0.1) is 0 Å². The van der Waals surface area contributed by atoms with Crippen molar-refractivity contribution in [1.29, 1.82) is 0 Å². The van der Waals surface area contributed by atoms with Crippen LogP contribution in [0.5, 0.6) is 0 Å². The summed E-state index contributed by atoms with van der Waals surface area (Å²) in [5.41, 5.74) is 0. The first-order chi connectivity index (χ1) is 8.85. The molecule has 110 valence electrons. The van der Waals surface area contributed by atoms with Crippen molar-refractivity contribution >= 4 is 12.0 Å². The summed E-state index contributed by atoms with van der Waals surface area (Å²) in [6, 6.07) is 0.185. The number of carboxylic acid groups (broad SMARTS) is 1. The van der Waals surface area contributed by atoms with Gasteiger partial charge in [0.2, 0.25) is 0 Å². The molecular weight excluding hydrogens is 246 g/mol. The Kier molecular flexibility index (Phi) is 5.60. The van der Waals surface area contributed by atoms with Crippen LogP contribution in [0.25, 0.3) is 0 Å². The number of carbonyl (C=O) groups is 2. The lowest BCUT2D eigenvalue weighted by Gasteiger charge is -2.43. The van der Waals surface area contributed by atoms with Gasteiger partial charge in [0, 0.05) is 38.1 Å². The van der Waals surface area contributed by atoms with Crippen molar-refractivity contribution in [2.45, 2.75) is 26.3 Å². The highest BCUT2D eigenvalue weighted by atomic mass is 16.4. The van der Waals surface area contributed by atoms with Gasteiger partial charge >= 0.3 is 12.0 Å². The van der Waals surface area contributed by atoms with E-state index >= 15 is 0 Å². The van der Waals surface area contributed by atoms with Gasteiger partial charge in [-0.05, 0) is 27.9 Å². The molecule has 1 atom stereocenters. The number of carboxylic acids is 1. The van der Waals surface area contributed by atoms with Crippen molar-refractivity contribution in [3.8, 4) is 0 Å². The Hall–Kier alpha value is -1.30. The van der Waals surface area contributed by atoms with Gasteiger partial charge in [0.05, 0.1) is 6.42 Å². The molecule has 1 fully saturated rings. The molecule has 0 spiro atoms. The molecule has 1 rings (SSSR count). The standard InChI is InChI=1S/C13H25N3O3/c1-5-16(10(2)7-14(3)4)13(19)15-8-11(9-15)6-12(17)18/h10-11H,5-9H2,1-4H3,(H,17,18). The smallest absolute Gasteiger partial charge is 0.320 e. The second-order valence-corrected chi connectivity index (χ2v) is 5.55. The third-order valence-corrected chi connectivity index (χ3v) is 3.44. The van der Waals surface area contributed by atoms with Crippen molar-refractivity contribution < 1.29 is 14.7 Å². The summed E-state index contributed by atoms with van der Waals surface area (Å²) in [6.07, 6.45) is 0.156. The summed E-state index contributed by atoms with van der Waals surface area (Å²) in [5.74, 6) is -0.672. The van der Waals surface area contributed by atoms with E-state index in [0.29, 0.717) is 19.6 Å². The SMILES string of the molecule is CCN(C(=O)N1CC(CC(=O)O)C1)C(C)CN(C)C. The summed E-state index contributed by atoms with van der Waals surface area (Å²) in [4.78, 5) is 28.5. The number of likely N-dealkylation sites (tertiary alicyclic amines) is 1. The van der Waals surface area contributed by atoms with Gasteiger partial charge in [-0.25, -0.2) is 4.79 Å². The van der Waals surface area contributed by atoms with Crippen molar-refractivity contribution in [2.75, 3.05) is 40.3 Å². The molecule has 6 nitrogen and oxygen atoms in total. The third-order valence-electron chi connectivity index (χ3n) is 3.44. The van der Waals surface area contributed by atoms with Gasteiger partial charge < -0.3 is 19.8 Å². The molecule has 1 aliphatic rings. The molecule has 19 heavy (non-hydrogen) atoms. The molecule has 0 aromatic carbocycles. The average Bonchev–Trinajstić information content (AvgIpc) is 2.22. The summed E-state index contributed by atoms with van der Waals surface area (Å²) >= 11 is 0. The molecule has 1 heterocycles. The lowest BCUT2D eigenvalue weighted by Crippen LogP contribution is -2.57. The number of rotatable bonds is 6. The van der Waals surface area contributed by atoms with Crippen molar-refractivity contribution in [2.24, 2.45) is 5.92 Å². The van der Waals surface area contributed by atoms with Crippen LogP contribution in [0.2, 0.25) is 0 Å². The normalized spacial score (nSPS) is 17.2. The molecule has 1 N–H and O–H groups in total. The average molecular weight is 271 g/mol. The molecule has 0 aromatic heterocycles. The predicted octanol–water partition coefficient (Wildman–Crippen LogP) is 0.785. The van der Waals surface area contributed by atoms with Crippen molar-refractivity contribution in [3.63, 3.8) is 0 Å². The van der Waals surface area contributed by atoms with Crippen LogP contribution in [0.4, 0.5) is 4.79 Å². The van der Waals surface area contributed by atoms with E-state index in [4.69, 9.17) is 5.11 Å². The Bertz CT molecular complexity index is 327. The number of nitrogens with zero attached hydrogens (tertiary/aromatic N) is 3. The van der Waals surface area contributed by atoms with Crippen LogP contribution in [0.3, 0.4) is 0 Å². The quantitative estimate of drug-likeness (QED) is 0.775. The first-order valence-electron chi connectivity index (χ1n) is 6.77. The predicted molar refractivity (Wildman–Crippen MR) is 73.1 cm³/mol. The Balaban J connectivity index is 2.45. The van der Waals surface area contributed by atoms with Gasteiger partial charge in [0.1, 0.15) is 0 Å². The molecule has 6 heteroatoms. The number of urea groups is 1. The zero-order chi connectivity index (χ0) is 14.6. The minimum atomic E-state index is -0.787. The Labute approximate surface area is 115 Å². The van der Waals surface area contributed by atoms with Crippen LogP contribution in [0, 0.1) is 5.92 Å². The lowest BCUT2D eigenvalue weighted by atomic mass is 9.97. The second kappa shape index (κ2) is 6.75. The maximum Gasteiger partial charge on any atom is 0.320 e. The molecule has 0 saturated carbocycles. The van der Waals surface area contributed by atoms with E-state index in [1.165, 1.54) is 0 Å². The molecule has 0 radical (unpaired) electrons. The van der Waals surface area contributed by atoms with Gasteiger partial charge in [0.25, 0.3) is 0 Å². The number of amides is 2. The molecule has 1 unspecified atom stereocenters. The van der Waals surface area contributed by atoms with Gasteiger partial charge in [0.15, 0.2) is 0 Å². The highest BCUT2D eigenvalue weighted by molar-refractivity contribution is 5.76. The summed E-state index contributed by atoms with van der Waals surface area (Å²) in [6.45, 7) is 6.64. The van der Waals surface area contributed by atoms with Crippen LogP contribution in [-0.4, -0.2) is 78.1 Å². The Morgan fingerprint density at radius 3 is 2.37 bits per heavy atom. The van der Waals surface area contributed by atoms with Crippen LogP contribution >= 0.6 is 0 Å². The Morgan fingerprint density at radius 2 is 1.95 bits per heavy atom. The molecule has 1 aliphatic heterocycles. The maximum atomic E-state index is 12.3. The van der Waals surface area contributed by atoms with Crippen molar-refractivity contribution in [1.82, 2.24) is 14.7 Å². The van der Waals surface area contributed by atoms with E-state index in [9.17, 15) is 9.59 Å². The first kappa shape index (κ1) is 15.8. The molecule has 0 aromatic rings. The topological polar surface area (TPSA) is 64.1 Å². The fourth-order valence-corrected chi connectivity index (χ4v) is 2.55. The fourth-order valence-electron chi connectivity index (χ4n) is 2.55. The highest BCUT2D eigenvalue weighted by Crippen LogP contribution is 2.21. The highest BCUT2D eigenvalue weighted by Gasteiger charge is 2.35. The molecule has 0 bridgehead atoms. The van der Waals surface area contributed by atoms with E-state index in [2.05, 4.69) is 4.90 Å². The third kappa shape index (κ3) is 4.38. The monoisotopic (exact) mass is 271 g/mol. The maximum absolute atomic E-state index is 12.3. The number of aliphatic carboxylic acids is 1. The van der Waals surface area contributed by atoms with Crippen LogP contribution in [-0.2, 0) is 4.79 Å². The lowest BCUT2D eigenvalue weighted by molar-refractivity contribution is -0.139. The summed E-state index contributed by atoms with van der Waals surface area (Å²) in [5, 5.41) is 8.70. The number of carbonyl (C=O) groups excluding carboxylic acids is 1. The summed E-state index contributed by atoms with van der Waals surface area (Å²) in [7, 11) is 3.97. The number of likely N-dealkylation sites (N-methyl/N-ethyl adjacent to an activating group) is 2. The minimum absolute atomic E-state index is 0.0264. The van der Waals surface area contributed by atoms with E-state index < -0.39 is 5.97 Å². The molecule has 0 aliphatic carbocycles. The molecular formula is C13H25N3O3. The zero-order valence-corrected chi connectivity index (χ0v) is 12.3. The van der Waals surface area contributed by atoms with Crippen LogP contribution in [0.1, 0.15) is 20.3 Å². The van der Waals surface area contributed by atoms with E-state index in [0.717, 1.165) is 6.54 Å². The van der Waals surface area contributed by atoms with E-state index in [1.807, 2.05) is 32.8 Å².